The fourth-order valence-corrected chi connectivity index (χ4v) is 4.37. The van der Waals surface area contributed by atoms with E-state index >= 15 is 0 Å². The van der Waals surface area contributed by atoms with Crippen molar-refractivity contribution < 1.29 is 27.5 Å². The van der Waals surface area contributed by atoms with Gasteiger partial charge in [-0.3, -0.25) is 0 Å². The number of ether oxygens (including phenoxy) is 1. The van der Waals surface area contributed by atoms with Crippen molar-refractivity contribution in [2.24, 2.45) is 5.73 Å². The molecule has 0 fully saturated rings. The van der Waals surface area contributed by atoms with E-state index in [0.29, 0.717) is 46.1 Å². The highest BCUT2D eigenvalue weighted by Crippen LogP contribution is 2.29. The van der Waals surface area contributed by atoms with E-state index in [1.54, 1.807) is 30.3 Å². The van der Waals surface area contributed by atoms with E-state index in [1.807, 2.05) is 12.1 Å². The lowest BCUT2D eigenvalue weighted by Gasteiger charge is -2.17. The predicted molar refractivity (Wildman–Crippen MR) is 137 cm³/mol. The van der Waals surface area contributed by atoms with Crippen LogP contribution in [0, 0.1) is 11.3 Å². The molecule has 1 aromatic heterocycles. The van der Waals surface area contributed by atoms with Crippen LogP contribution in [0.1, 0.15) is 27.8 Å². The first-order chi connectivity index (χ1) is 18.1. The van der Waals surface area contributed by atoms with Gasteiger partial charge in [0.1, 0.15) is 12.4 Å². The molecule has 0 amide bonds. The second kappa shape index (κ2) is 11.4. The average molecular weight is 562 g/mol. The van der Waals surface area contributed by atoms with Crippen molar-refractivity contribution in [3.63, 3.8) is 0 Å². The number of hydrogen-bond donors (Lipinski definition) is 1. The summed E-state index contributed by atoms with van der Waals surface area (Å²) in [6.07, 6.45) is -2.94. The normalized spacial score (nSPS) is 11.4. The second-order valence-electron chi connectivity index (χ2n) is 8.33. The Morgan fingerprint density at radius 2 is 1.82 bits per heavy atom. The Labute approximate surface area is 225 Å². The number of fused-ring (bicyclic) bond motifs is 1. The van der Waals surface area contributed by atoms with Gasteiger partial charge in [-0.2, -0.15) is 23.2 Å². The number of alkyl halides is 3. The molecule has 0 aliphatic carbocycles. The van der Waals surface area contributed by atoms with Crippen molar-refractivity contribution in [3.05, 3.63) is 98.7 Å². The largest absolute Gasteiger partial charge is 0.493 e. The Morgan fingerprint density at radius 3 is 2.50 bits per heavy atom. The van der Waals surface area contributed by atoms with Crippen LogP contribution in [-0.4, -0.2) is 23.4 Å². The zero-order valence-electron chi connectivity index (χ0n) is 19.7. The van der Waals surface area contributed by atoms with Gasteiger partial charge in [0.05, 0.1) is 27.2 Å². The molecule has 0 saturated heterocycles. The molecule has 4 rings (SSSR count). The van der Waals surface area contributed by atoms with E-state index < -0.39 is 12.1 Å². The molecule has 6 nitrogen and oxygen atoms in total. The lowest BCUT2D eigenvalue weighted by Crippen LogP contribution is -2.32. The minimum absolute atomic E-state index is 0.148. The quantitative estimate of drug-likeness (QED) is 0.284. The van der Waals surface area contributed by atoms with Crippen LogP contribution < -0.4 is 15.3 Å². The van der Waals surface area contributed by atoms with E-state index in [4.69, 9.17) is 33.7 Å². The van der Waals surface area contributed by atoms with Crippen LogP contribution >= 0.6 is 23.2 Å². The molecule has 4 aromatic rings. The molecule has 0 unspecified atom stereocenters. The maximum Gasteiger partial charge on any atom is 0.493 e. The van der Waals surface area contributed by atoms with Gasteiger partial charge in [0.25, 0.3) is 0 Å². The van der Waals surface area contributed by atoms with Gasteiger partial charge in [-0.25, -0.2) is 4.79 Å². The first-order valence-electron chi connectivity index (χ1n) is 11.3. The summed E-state index contributed by atoms with van der Waals surface area (Å²) < 4.78 is 44.4. The van der Waals surface area contributed by atoms with Crippen molar-refractivity contribution in [1.82, 2.24) is 4.73 Å². The molecule has 0 atom stereocenters. The van der Waals surface area contributed by atoms with Crippen LogP contribution in [0.4, 0.5) is 13.2 Å². The number of aromatic nitrogens is 1. The Balaban J connectivity index is 1.61. The van der Waals surface area contributed by atoms with Gasteiger partial charge in [0.15, 0.2) is 0 Å². The van der Waals surface area contributed by atoms with Crippen molar-refractivity contribution >= 4 is 40.1 Å². The topological polar surface area (TPSA) is 90.3 Å². The molecule has 3 aromatic carbocycles. The fraction of sp³-hybridized carbons (Fsp3) is 0.185. The van der Waals surface area contributed by atoms with Crippen LogP contribution in [0.3, 0.4) is 0 Å². The molecule has 0 aliphatic heterocycles. The smallest absolute Gasteiger partial charge is 0.489 e. The van der Waals surface area contributed by atoms with E-state index in [1.165, 1.54) is 18.3 Å². The third-order valence-electron chi connectivity index (χ3n) is 5.84. The first-order valence-corrected chi connectivity index (χ1v) is 12.1. The molecular formula is C27H20Cl2F3N3O3. The van der Waals surface area contributed by atoms with Crippen LogP contribution in [0.5, 0.6) is 5.75 Å². The van der Waals surface area contributed by atoms with Gasteiger partial charge >= 0.3 is 12.1 Å². The number of halogens is 5. The highest BCUT2D eigenvalue weighted by atomic mass is 35.5. The Kier molecular flexibility index (Phi) is 8.17. The SMILES string of the molecule is N#Cc1ccc(COc2ccc3c(ccn3OC(=O)C(F)(F)F)c2)c(Cc2ccc(Cl)c(Cl)c2)c1CCN. The van der Waals surface area contributed by atoms with E-state index in [0.717, 1.165) is 27.0 Å². The fourth-order valence-electron chi connectivity index (χ4n) is 4.05. The molecule has 196 valence electrons. The van der Waals surface area contributed by atoms with Crippen molar-refractivity contribution in [3.8, 4) is 11.8 Å². The number of rotatable bonds is 8. The zero-order chi connectivity index (χ0) is 27.4. The summed E-state index contributed by atoms with van der Waals surface area (Å²) in [5.74, 6) is -1.87. The number of carbonyl (C=O) groups is 1. The van der Waals surface area contributed by atoms with Crippen LogP contribution in [0.25, 0.3) is 10.9 Å². The number of nitriles is 1. The number of nitrogens with zero attached hydrogens (tertiary/aromatic N) is 2. The van der Waals surface area contributed by atoms with Gasteiger partial charge in [0, 0.05) is 11.6 Å². The molecule has 0 saturated carbocycles. The molecule has 0 spiro atoms. The molecule has 2 N–H and O–H groups in total. The first kappa shape index (κ1) is 27.3. The van der Waals surface area contributed by atoms with Crippen LogP contribution in [0.2, 0.25) is 10.0 Å². The van der Waals surface area contributed by atoms with Gasteiger partial charge in [-0.1, -0.05) is 35.3 Å². The predicted octanol–water partition coefficient (Wildman–Crippen LogP) is 6.01. The lowest BCUT2D eigenvalue weighted by molar-refractivity contribution is -0.199. The Morgan fingerprint density at radius 1 is 1.03 bits per heavy atom. The van der Waals surface area contributed by atoms with Crippen LogP contribution in [0.15, 0.2) is 60.8 Å². The summed E-state index contributed by atoms with van der Waals surface area (Å²) in [6.45, 7) is 0.495. The monoisotopic (exact) mass is 561 g/mol. The van der Waals surface area contributed by atoms with Crippen molar-refractivity contribution in [1.29, 1.82) is 5.26 Å². The lowest BCUT2D eigenvalue weighted by atomic mass is 9.90. The third kappa shape index (κ3) is 6.05. The van der Waals surface area contributed by atoms with E-state index in [2.05, 4.69) is 10.9 Å². The average Bonchev–Trinajstić information content (AvgIpc) is 3.27. The number of hydrogen-bond acceptors (Lipinski definition) is 5. The molecule has 0 bridgehead atoms. The van der Waals surface area contributed by atoms with Gasteiger partial charge in [-0.05, 0) is 84.1 Å². The van der Waals surface area contributed by atoms with Gasteiger partial charge < -0.3 is 15.3 Å². The number of benzene rings is 3. The maximum absolute atomic E-state index is 12.6. The third-order valence-corrected chi connectivity index (χ3v) is 6.58. The van der Waals surface area contributed by atoms with Crippen molar-refractivity contribution in [2.75, 3.05) is 6.54 Å². The summed E-state index contributed by atoms with van der Waals surface area (Å²) >= 11 is 12.3. The van der Waals surface area contributed by atoms with E-state index in [9.17, 15) is 23.2 Å². The summed E-state index contributed by atoms with van der Waals surface area (Å²) in [7, 11) is 0. The zero-order valence-corrected chi connectivity index (χ0v) is 21.2. The molecular weight excluding hydrogens is 542 g/mol. The summed E-state index contributed by atoms with van der Waals surface area (Å²) in [5.41, 5.74) is 10.1. The standard InChI is InChI=1S/C27H20Cl2F3N3O3/c28-23-5-1-16(12-24(23)29)11-22-19(3-2-18(14-34)21(22)7-9-33)15-37-20-4-6-25-17(13-20)8-10-35(25)38-26(36)27(30,31)32/h1-6,8,10,12-13H,7,9,11,15,33H2. The Bertz CT molecular complexity index is 1540. The summed E-state index contributed by atoms with van der Waals surface area (Å²) in [4.78, 5) is 15.6. The molecule has 11 heteroatoms. The summed E-state index contributed by atoms with van der Waals surface area (Å²) in [6, 6.07) is 17.3. The Hall–Kier alpha value is -3.71. The minimum atomic E-state index is -5.11. The maximum atomic E-state index is 12.6. The van der Waals surface area contributed by atoms with E-state index in [-0.39, 0.29) is 12.1 Å². The van der Waals surface area contributed by atoms with Gasteiger partial charge in [-0.15, -0.1) is 0 Å². The molecule has 0 radical (unpaired) electrons. The highest BCUT2D eigenvalue weighted by molar-refractivity contribution is 6.42. The van der Waals surface area contributed by atoms with Gasteiger partial charge in [0.2, 0.25) is 0 Å². The molecule has 1 heterocycles. The summed E-state index contributed by atoms with van der Waals surface area (Å²) in [5, 5.41) is 11.0. The van der Waals surface area contributed by atoms with Crippen molar-refractivity contribution in [2.45, 2.75) is 25.6 Å². The second-order valence-corrected chi connectivity index (χ2v) is 9.15. The molecule has 0 aliphatic rings. The van der Waals surface area contributed by atoms with Crippen LogP contribution in [-0.2, 0) is 24.2 Å². The number of carbonyl (C=O) groups excluding carboxylic acids is 1. The number of nitrogens with two attached hydrogens (primary N) is 1. The minimum Gasteiger partial charge on any atom is -0.489 e. The molecule has 38 heavy (non-hydrogen) atoms. The highest BCUT2D eigenvalue weighted by Gasteiger charge is 2.42.